The van der Waals surface area contributed by atoms with Gasteiger partial charge in [-0.1, -0.05) is 13.8 Å². The van der Waals surface area contributed by atoms with Crippen LogP contribution in [0.2, 0.25) is 0 Å². The number of aliphatic hydroxyl groups excluding tert-OH is 1. The molecule has 1 aromatic heterocycles. The number of nitrogens with zero attached hydrogens (tertiary/aromatic N) is 3. The molecule has 0 bridgehead atoms. The molecule has 80 valence electrons. The Labute approximate surface area is 85.6 Å². The van der Waals surface area contributed by atoms with Crippen molar-refractivity contribution in [3.8, 4) is 0 Å². The number of likely N-dealkylation sites (N-methyl/N-ethyl adjacent to an activating group) is 1. The zero-order valence-corrected chi connectivity index (χ0v) is 9.36. The highest BCUT2D eigenvalue weighted by Gasteiger charge is 2.00. The standard InChI is InChI=1S/C8H13N3O.C2H6/c1-7-5-9-6-8(10-7)11(2)3-4-12;1-2/h5-6,12H,3-4H2,1-2H3;1-2H3. The maximum absolute atomic E-state index is 8.68. The number of hydrogen-bond acceptors (Lipinski definition) is 4. The van der Waals surface area contributed by atoms with Crippen LogP contribution in [0.3, 0.4) is 0 Å². The zero-order chi connectivity index (χ0) is 11.0. The van der Waals surface area contributed by atoms with Gasteiger partial charge in [-0.3, -0.25) is 4.98 Å². The lowest BCUT2D eigenvalue weighted by atomic mass is 10.5. The Bertz CT molecular complexity index is 253. The maximum atomic E-state index is 8.68. The van der Waals surface area contributed by atoms with Gasteiger partial charge >= 0.3 is 0 Å². The molecule has 0 saturated carbocycles. The molecule has 0 fully saturated rings. The van der Waals surface area contributed by atoms with E-state index in [4.69, 9.17) is 5.11 Å². The van der Waals surface area contributed by atoms with E-state index < -0.39 is 0 Å². The lowest BCUT2D eigenvalue weighted by Gasteiger charge is -2.15. The Morgan fingerprint density at radius 3 is 2.50 bits per heavy atom. The SMILES string of the molecule is CC.Cc1cncc(N(C)CCO)n1. The largest absolute Gasteiger partial charge is 0.395 e. The number of hydrogen-bond donors (Lipinski definition) is 1. The zero-order valence-electron chi connectivity index (χ0n) is 9.36. The topological polar surface area (TPSA) is 49.2 Å². The summed E-state index contributed by atoms with van der Waals surface area (Å²) >= 11 is 0. The van der Waals surface area contributed by atoms with E-state index in [0.717, 1.165) is 11.5 Å². The summed E-state index contributed by atoms with van der Waals surface area (Å²) in [6, 6.07) is 0. The van der Waals surface area contributed by atoms with E-state index in [2.05, 4.69) is 9.97 Å². The minimum absolute atomic E-state index is 0.131. The average Bonchev–Trinajstić information content (AvgIpc) is 2.21. The van der Waals surface area contributed by atoms with Crippen molar-refractivity contribution in [1.82, 2.24) is 9.97 Å². The van der Waals surface area contributed by atoms with E-state index in [1.807, 2.05) is 32.7 Å². The van der Waals surface area contributed by atoms with Crippen molar-refractivity contribution in [2.24, 2.45) is 0 Å². The first-order valence-electron chi connectivity index (χ1n) is 4.84. The normalized spacial score (nSPS) is 8.93. The summed E-state index contributed by atoms with van der Waals surface area (Å²) in [5.41, 5.74) is 0.886. The summed E-state index contributed by atoms with van der Waals surface area (Å²) in [6.07, 6.45) is 3.39. The predicted octanol–water partition coefficient (Wildman–Crippen LogP) is 1.24. The van der Waals surface area contributed by atoms with Gasteiger partial charge in [0, 0.05) is 19.8 Å². The molecule has 0 aromatic carbocycles. The Balaban J connectivity index is 0.000000791. The van der Waals surface area contributed by atoms with E-state index in [0.29, 0.717) is 6.54 Å². The van der Waals surface area contributed by atoms with Crippen molar-refractivity contribution >= 4 is 5.82 Å². The fourth-order valence-electron chi connectivity index (χ4n) is 0.899. The molecule has 1 rings (SSSR count). The van der Waals surface area contributed by atoms with Gasteiger partial charge in [0.25, 0.3) is 0 Å². The molecule has 0 saturated heterocycles. The molecule has 0 aliphatic rings. The maximum Gasteiger partial charge on any atom is 0.147 e. The van der Waals surface area contributed by atoms with Crippen LogP contribution in [-0.4, -0.2) is 35.3 Å². The first-order chi connectivity index (χ1) is 6.74. The van der Waals surface area contributed by atoms with E-state index in [9.17, 15) is 0 Å². The molecule has 0 aliphatic carbocycles. The Morgan fingerprint density at radius 1 is 1.36 bits per heavy atom. The van der Waals surface area contributed by atoms with Gasteiger partial charge in [0.2, 0.25) is 0 Å². The van der Waals surface area contributed by atoms with Crippen molar-refractivity contribution in [3.63, 3.8) is 0 Å². The number of anilines is 1. The highest BCUT2D eigenvalue weighted by molar-refractivity contribution is 5.34. The second-order valence-electron chi connectivity index (χ2n) is 2.66. The first-order valence-corrected chi connectivity index (χ1v) is 4.84. The average molecular weight is 197 g/mol. The number of aliphatic hydroxyl groups is 1. The van der Waals surface area contributed by atoms with Crippen LogP contribution in [0, 0.1) is 6.92 Å². The van der Waals surface area contributed by atoms with Crippen LogP contribution in [0.25, 0.3) is 0 Å². The third-order valence-corrected chi connectivity index (χ3v) is 1.57. The quantitative estimate of drug-likeness (QED) is 0.792. The van der Waals surface area contributed by atoms with Crippen molar-refractivity contribution in [1.29, 1.82) is 0 Å². The molecule has 1 aromatic rings. The van der Waals surface area contributed by atoms with Gasteiger partial charge in [0.05, 0.1) is 18.5 Å². The van der Waals surface area contributed by atoms with E-state index in [-0.39, 0.29) is 6.61 Å². The van der Waals surface area contributed by atoms with Crippen molar-refractivity contribution in [2.75, 3.05) is 25.1 Å². The van der Waals surface area contributed by atoms with Gasteiger partial charge in [-0.15, -0.1) is 0 Å². The number of aromatic nitrogens is 2. The molecule has 0 spiro atoms. The summed E-state index contributed by atoms with van der Waals surface area (Å²) in [4.78, 5) is 10.1. The van der Waals surface area contributed by atoms with Gasteiger partial charge in [0.15, 0.2) is 0 Å². The van der Waals surface area contributed by atoms with Crippen LogP contribution in [0.4, 0.5) is 5.82 Å². The number of aryl methyl sites for hydroxylation is 1. The van der Waals surface area contributed by atoms with Crippen LogP contribution in [0.15, 0.2) is 12.4 Å². The van der Waals surface area contributed by atoms with Crippen LogP contribution < -0.4 is 4.90 Å². The lowest BCUT2D eigenvalue weighted by molar-refractivity contribution is 0.304. The summed E-state index contributed by atoms with van der Waals surface area (Å²) < 4.78 is 0. The van der Waals surface area contributed by atoms with Gasteiger partial charge in [-0.25, -0.2) is 4.98 Å². The third kappa shape index (κ3) is 4.18. The van der Waals surface area contributed by atoms with E-state index in [1.54, 1.807) is 12.4 Å². The van der Waals surface area contributed by atoms with Crippen molar-refractivity contribution < 1.29 is 5.11 Å². The lowest BCUT2D eigenvalue weighted by Crippen LogP contribution is -2.22. The monoisotopic (exact) mass is 197 g/mol. The van der Waals surface area contributed by atoms with Gasteiger partial charge < -0.3 is 10.0 Å². The first kappa shape index (κ1) is 12.8. The fraction of sp³-hybridized carbons (Fsp3) is 0.600. The second kappa shape index (κ2) is 7.26. The Morgan fingerprint density at radius 2 is 2.00 bits per heavy atom. The molecule has 1 heterocycles. The van der Waals surface area contributed by atoms with E-state index in [1.165, 1.54) is 0 Å². The van der Waals surface area contributed by atoms with Crippen molar-refractivity contribution in [3.05, 3.63) is 18.1 Å². The Hall–Kier alpha value is -1.16. The molecule has 4 heteroatoms. The summed E-state index contributed by atoms with van der Waals surface area (Å²) in [5, 5.41) is 8.68. The van der Waals surface area contributed by atoms with Gasteiger partial charge in [-0.2, -0.15) is 0 Å². The number of rotatable bonds is 3. The minimum Gasteiger partial charge on any atom is -0.395 e. The highest BCUT2D eigenvalue weighted by Crippen LogP contribution is 2.05. The molecular weight excluding hydrogens is 178 g/mol. The molecule has 0 radical (unpaired) electrons. The summed E-state index contributed by atoms with van der Waals surface area (Å²) in [5.74, 6) is 0.795. The predicted molar refractivity (Wildman–Crippen MR) is 58.5 cm³/mol. The third-order valence-electron chi connectivity index (χ3n) is 1.57. The van der Waals surface area contributed by atoms with E-state index >= 15 is 0 Å². The second-order valence-corrected chi connectivity index (χ2v) is 2.66. The summed E-state index contributed by atoms with van der Waals surface area (Å²) in [7, 11) is 1.87. The molecule has 0 unspecified atom stereocenters. The minimum atomic E-state index is 0.131. The molecule has 0 aliphatic heterocycles. The summed E-state index contributed by atoms with van der Waals surface area (Å²) in [6.45, 7) is 6.60. The smallest absolute Gasteiger partial charge is 0.147 e. The van der Waals surface area contributed by atoms with Crippen LogP contribution in [0.5, 0.6) is 0 Å². The molecular formula is C10H19N3O. The van der Waals surface area contributed by atoms with Crippen LogP contribution in [-0.2, 0) is 0 Å². The molecule has 0 amide bonds. The fourth-order valence-corrected chi connectivity index (χ4v) is 0.899. The molecule has 0 atom stereocenters. The highest BCUT2D eigenvalue weighted by atomic mass is 16.3. The molecule has 1 N–H and O–H groups in total. The van der Waals surface area contributed by atoms with Crippen LogP contribution in [0.1, 0.15) is 19.5 Å². The van der Waals surface area contributed by atoms with Crippen LogP contribution >= 0.6 is 0 Å². The molecule has 14 heavy (non-hydrogen) atoms. The molecule has 4 nitrogen and oxygen atoms in total. The van der Waals surface area contributed by atoms with Gasteiger partial charge in [-0.05, 0) is 6.92 Å². The van der Waals surface area contributed by atoms with Gasteiger partial charge in [0.1, 0.15) is 5.82 Å². The van der Waals surface area contributed by atoms with Crippen molar-refractivity contribution in [2.45, 2.75) is 20.8 Å². The Kier molecular flexibility index (Phi) is 6.66.